The summed E-state index contributed by atoms with van der Waals surface area (Å²) in [5, 5.41) is 20.7. The summed E-state index contributed by atoms with van der Waals surface area (Å²) in [5.74, 6) is 1.30. The third kappa shape index (κ3) is 4.24. The topological polar surface area (TPSA) is 88.4 Å². The molecular formula is C20H28N4O3. The minimum absolute atomic E-state index is 0.250. The second-order valence-electron chi connectivity index (χ2n) is 7.23. The SMILES string of the molecule is COc1ccccc1-c1c(C)nn(C)c1NC(=O)NCC1(O)CCCCC1. The number of urea groups is 1. The van der Waals surface area contributed by atoms with Crippen LogP contribution in [0.1, 0.15) is 37.8 Å². The number of anilines is 1. The van der Waals surface area contributed by atoms with Crippen molar-refractivity contribution in [2.45, 2.75) is 44.6 Å². The number of benzene rings is 1. The molecule has 0 bridgehead atoms. The zero-order valence-electron chi connectivity index (χ0n) is 16.2. The van der Waals surface area contributed by atoms with Crippen molar-refractivity contribution in [2.24, 2.45) is 7.05 Å². The summed E-state index contributed by atoms with van der Waals surface area (Å²) in [6.07, 6.45) is 4.59. The average Bonchev–Trinajstić information content (AvgIpc) is 2.94. The summed E-state index contributed by atoms with van der Waals surface area (Å²) >= 11 is 0. The van der Waals surface area contributed by atoms with Gasteiger partial charge in [0.25, 0.3) is 0 Å². The van der Waals surface area contributed by atoms with Crippen LogP contribution in [0, 0.1) is 6.92 Å². The second-order valence-corrected chi connectivity index (χ2v) is 7.23. The second kappa shape index (κ2) is 8.00. The maximum Gasteiger partial charge on any atom is 0.320 e. The minimum atomic E-state index is -0.802. The predicted molar refractivity (Wildman–Crippen MR) is 105 cm³/mol. The van der Waals surface area contributed by atoms with Gasteiger partial charge in [-0.05, 0) is 25.8 Å². The maximum atomic E-state index is 12.5. The molecule has 0 spiro atoms. The van der Waals surface area contributed by atoms with E-state index in [-0.39, 0.29) is 12.6 Å². The van der Waals surface area contributed by atoms with Crippen LogP contribution in [0.25, 0.3) is 11.1 Å². The molecule has 1 aliphatic rings. The number of nitrogens with one attached hydrogen (secondary N) is 2. The highest BCUT2D eigenvalue weighted by Crippen LogP contribution is 2.37. The molecule has 2 amide bonds. The molecule has 1 aromatic carbocycles. The van der Waals surface area contributed by atoms with E-state index in [1.54, 1.807) is 18.8 Å². The van der Waals surface area contributed by atoms with Gasteiger partial charge in [-0.2, -0.15) is 5.10 Å². The molecule has 1 aromatic heterocycles. The molecule has 1 saturated carbocycles. The van der Waals surface area contributed by atoms with Crippen LogP contribution in [0.4, 0.5) is 10.6 Å². The number of methoxy groups -OCH3 is 1. The zero-order chi connectivity index (χ0) is 19.4. The molecule has 3 N–H and O–H groups in total. The number of hydrogen-bond acceptors (Lipinski definition) is 4. The number of hydrogen-bond donors (Lipinski definition) is 3. The smallest absolute Gasteiger partial charge is 0.320 e. The molecule has 0 aliphatic heterocycles. The number of aliphatic hydroxyl groups is 1. The molecule has 0 saturated heterocycles. The molecule has 27 heavy (non-hydrogen) atoms. The van der Waals surface area contributed by atoms with Gasteiger partial charge in [0.15, 0.2) is 0 Å². The van der Waals surface area contributed by atoms with Gasteiger partial charge in [-0.3, -0.25) is 10.00 Å². The first-order valence-corrected chi connectivity index (χ1v) is 9.38. The van der Waals surface area contributed by atoms with Crippen molar-refractivity contribution in [3.8, 4) is 16.9 Å². The Hall–Kier alpha value is -2.54. The normalized spacial score (nSPS) is 16.0. The summed E-state index contributed by atoms with van der Waals surface area (Å²) in [6, 6.07) is 7.29. The van der Waals surface area contributed by atoms with Crippen LogP contribution in [0.3, 0.4) is 0 Å². The van der Waals surface area contributed by atoms with Crippen LogP contribution in [0.15, 0.2) is 24.3 Å². The van der Waals surface area contributed by atoms with Crippen LogP contribution >= 0.6 is 0 Å². The van der Waals surface area contributed by atoms with Crippen LogP contribution in [0.2, 0.25) is 0 Å². The fraction of sp³-hybridized carbons (Fsp3) is 0.500. The fourth-order valence-electron chi connectivity index (χ4n) is 3.76. The lowest BCUT2D eigenvalue weighted by molar-refractivity contribution is 0.00755. The van der Waals surface area contributed by atoms with Crippen molar-refractivity contribution >= 4 is 11.8 Å². The summed E-state index contributed by atoms with van der Waals surface area (Å²) in [5.41, 5.74) is 1.68. The van der Waals surface area contributed by atoms with Gasteiger partial charge in [0.05, 0.1) is 24.0 Å². The molecule has 1 aliphatic carbocycles. The van der Waals surface area contributed by atoms with E-state index in [2.05, 4.69) is 15.7 Å². The first-order valence-electron chi connectivity index (χ1n) is 9.38. The van der Waals surface area contributed by atoms with Crippen LogP contribution in [-0.2, 0) is 7.05 Å². The Labute approximate surface area is 159 Å². The third-order valence-electron chi connectivity index (χ3n) is 5.19. The van der Waals surface area contributed by atoms with Crippen molar-refractivity contribution < 1.29 is 14.6 Å². The van der Waals surface area contributed by atoms with Crippen molar-refractivity contribution in [1.29, 1.82) is 0 Å². The summed E-state index contributed by atoms with van der Waals surface area (Å²) in [4.78, 5) is 12.5. The average molecular weight is 372 g/mol. The lowest BCUT2D eigenvalue weighted by Crippen LogP contribution is -2.45. The molecule has 0 radical (unpaired) electrons. The lowest BCUT2D eigenvalue weighted by Gasteiger charge is -2.32. The highest BCUT2D eigenvalue weighted by Gasteiger charge is 2.29. The maximum absolute atomic E-state index is 12.5. The van der Waals surface area contributed by atoms with E-state index in [1.807, 2.05) is 31.2 Å². The molecular weight excluding hydrogens is 344 g/mol. The number of ether oxygens (including phenoxy) is 1. The predicted octanol–water partition coefficient (Wildman–Crippen LogP) is 3.22. The molecule has 7 heteroatoms. The monoisotopic (exact) mass is 372 g/mol. The summed E-state index contributed by atoms with van der Waals surface area (Å²) < 4.78 is 7.11. The van der Waals surface area contributed by atoms with Crippen molar-refractivity contribution in [2.75, 3.05) is 19.0 Å². The Morgan fingerprint density at radius 1 is 1.30 bits per heavy atom. The van der Waals surface area contributed by atoms with Crippen molar-refractivity contribution in [1.82, 2.24) is 15.1 Å². The Bertz CT molecular complexity index is 810. The van der Waals surface area contributed by atoms with Gasteiger partial charge in [0.2, 0.25) is 0 Å². The lowest BCUT2D eigenvalue weighted by atomic mass is 9.85. The van der Waals surface area contributed by atoms with Crippen LogP contribution < -0.4 is 15.4 Å². The van der Waals surface area contributed by atoms with Gasteiger partial charge in [-0.15, -0.1) is 0 Å². The molecule has 1 heterocycles. The van der Waals surface area contributed by atoms with E-state index < -0.39 is 5.60 Å². The van der Waals surface area contributed by atoms with E-state index in [0.717, 1.165) is 48.9 Å². The molecule has 0 unspecified atom stereocenters. The Morgan fingerprint density at radius 2 is 2.00 bits per heavy atom. The number of rotatable bonds is 5. The molecule has 2 aromatic rings. The van der Waals surface area contributed by atoms with Gasteiger partial charge in [-0.1, -0.05) is 37.5 Å². The number of carbonyl (C=O) groups excluding carboxylic acids is 1. The van der Waals surface area contributed by atoms with Gasteiger partial charge >= 0.3 is 6.03 Å². The van der Waals surface area contributed by atoms with E-state index in [9.17, 15) is 9.90 Å². The van der Waals surface area contributed by atoms with Gasteiger partial charge in [-0.25, -0.2) is 4.79 Å². The molecule has 0 atom stereocenters. The van der Waals surface area contributed by atoms with Crippen LogP contribution in [0.5, 0.6) is 5.75 Å². The van der Waals surface area contributed by atoms with E-state index in [1.165, 1.54) is 0 Å². The largest absolute Gasteiger partial charge is 0.496 e. The summed E-state index contributed by atoms with van der Waals surface area (Å²) in [7, 11) is 3.41. The summed E-state index contributed by atoms with van der Waals surface area (Å²) in [6.45, 7) is 2.15. The number of carbonyl (C=O) groups is 1. The van der Waals surface area contributed by atoms with Crippen molar-refractivity contribution in [3.05, 3.63) is 30.0 Å². The van der Waals surface area contributed by atoms with E-state index >= 15 is 0 Å². The first-order chi connectivity index (χ1) is 12.9. The van der Waals surface area contributed by atoms with E-state index in [4.69, 9.17) is 4.74 Å². The molecule has 1 fully saturated rings. The third-order valence-corrected chi connectivity index (χ3v) is 5.19. The van der Waals surface area contributed by atoms with Gasteiger partial charge in [0, 0.05) is 19.2 Å². The number of para-hydroxylation sites is 1. The quantitative estimate of drug-likeness (QED) is 0.752. The van der Waals surface area contributed by atoms with Gasteiger partial charge in [0.1, 0.15) is 11.6 Å². The molecule has 3 rings (SSSR count). The Kier molecular flexibility index (Phi) is 5.70. The minimum Gasteiger partial charge on any atom is -0.496 e. The fourth-order valence-corrected chi connectivity index (χ4v) is 3.76. The molecule has 7 nitrogen and oxygen atoms in total. The Morgan fingerprint density at radius 3 is 2.70 bits per heavy atom. The Balaban J connectivity index is 1.78. The number of aryl methyl sites for hydroxylation is 2. The van der Waals surface area contributed by atoms with E-state index in [0.29, 0.717) is 11.6 Å². The number of nitrogens with zero attached hydrogens (tertiary/aromatic N) is 2. The number of amides is 2. The highest BCUT2D eigenvalue weighted by atomic mass is 16.5. The molecule has 146 valence electrons. The van der Waals surface area contributed by atoms with Crippen LogP contribution in [-0.4, -0.2) is 40.2 Å². The number of aromatic nitrogens is 2. The first kappa shape index (κ1) is 19.2. The zero-order valence-corrected chi connectivity index (χ0v) is 16.2. The van der Waals surface area contributed by atoms with Crippen molar-refractivity contribution in [3.63, 3.8) is 0 Å². The highest BCUT2D eigenvalue weighted by molar-refractivity contribution is 5.94. The van der Waals surface area contributed by atoms with Gasteiger partial charge < -0.3 is 15.2 Å². The standard InChI is InChI=1S/C20H28N4O3/c1-14-17(15-9-5-6-10-16(15)27-3)18(24(2)23-14)22-19(25)21-13-20(26)11-7-4-8-12-20/h5-6,9-10,26H,4,7-8,11-13H2,1-3H3,(H2,21,22,25).